The van der Waals surface area contributed by atoms with E-state index in [-0.39, 0.29) is 5.97 Å². The average molecular weight is 199 g/mol. The summed E-state index contributed by atoms with van der Waals surface area (Å²) in [6, 6.07) is 0.477. The topological polar surface area (TPSA) is 38.8 Å². The number of methoxy groups -OCH3 is 1. The Kier molecular flexibility index (Phi) is 4.46. The van der Waals surface area contributed by atoms with E-state index in [9.17, 15) is 4.79 Å². The van der Waals surface area contributed by atoms with Crippen molar-refractivity contribution in [1.29, 1.82) is 0 Å². The lowest BCUT2D eigenvalue weighted by atomic mass is 10.1. The lowest BCUT2D eigenvalue weighted by Crippen LogP contribution is -2.33. The summed E-state index contributed by atoms with van der Waals surface area (Å²) in [6.45, 7) is 1.61. The van der Waals surface area contributed by atoms with Crippen LogP contribution < -0.4 is 0 Å². The zero-order valence-electron chi connectivity index (χ0n) is 8.73. The Morgan fingerprint density at radius 1 is 1.50 bits per heavy atom. The SMILES string of the molecule is COC(=O)C=CN(C)C1CCOCC1. The molecule has 0 N–H and O–H groups in total. The maximum Gasteiger partial charge on any atom is 0.331 e. The summed E-state index contributed by atoms with van der Waals surface area (Å²) >= 11 is 0. The number of hydrogen-bond acceptors (Lipinski definition) is 4. The van der Waals surface area contributed by atoms with E-state index in [2.05, 4.69) is 4.74 Å². The Labute approximate surface area is 84.5 Å². The highest BCUT2D eigenvalue weighted by atomic mass is 16.5. The van der Waals surface area contributed by atoms with Crippen molar-refractivity contribution in [1.82, 2.24) is 4.90 Å². The largest absolute Gasteiger partial charge is 0.466 e. The number of hydrogen-bond donors (Lipinski definition) is 0. The van der Waals surface area contributed by atoms with Gasteiger partial charge in [-0.2, -0.15) is 0 Å². The average Bonchev–Trinajstić information content (AvgIpc) is 2.26. The van der Waals surface area contributed by atoms with E-state index in [1.165, 1.54) is 13.2 Å². The molecule has 80 valence electrons. The van der Waals surface area contributed by atoms with Crippen molar-refractivity contribution in [3.05, 3.63) is 12.3 Å². The second-order valence-corrected chi connectivity index (χ2v) is 3.35. The summed E-state index contributed by atoms with van der Waals surface area (Å²) in [5.74, 6) is -0.316. The molecule has 0 atom stereocenters. The fourth-order valence-corrected chi connectivity index (χ4v) is 1.46. The van der Waals surface area contributed by atoms with Crippen molar-refractivity contribution in [2.24, 2.45) is 0 Å². The molecule has 0 saturated carbocycles. The van der Waals surface area contributed by atoms with Gasteiger partial charge in [-0.15, -0.1) is 0 Å². The Balaban J connectivity index is 2.35. The molecular weight excluding hydrogens is 182 g/mol. The zero-order valence-corrected chi connectivity index (χ0v) is 8.73. The van der Waals surface area contributed by atoms with Crippen LogP contribution in [-0.4, -0.2) is 44.3 Å². The molecule has 0 bridgehead atoms. The van der Waals surface area contributed by atoms with Crippen LogP contribution in [0, 0.1) is 0 Å². The van der Waals surface area contributed by atoms with Crippen molar-refractivity contribution >= 4 is 5.97 Å². The lowest BCUT2D eigenvalue weighted by molar-refractivity contribution is -0.134. The summed E-state index contributed by atoms with van der Waals surface area (Å²) < 4.78 is 9.77. The van der Waals surface area contributed by atoms with Gasteiger partial charge >= 0.3 is 5.97 Å². The molecule has 0 unspecified atom stereocenters. The number of nitrogens with zero attached hydrogens (tertiary/aromatic N) is 1. The molecule has 0 spiro atoms. The van der Waals surface area contributed by atoms with Crippen LogP contribution in [-0.2, 0) is 14.3 Å². The van der Waals surface area contributed by atoms with Crippen LogP contribution in [0.1, 0.15) is 12.8 Å². The highest BCUT2D eigenvalue weighted by Crippen LogP contribution is 2.12. The summed E-state index contributed by atoms with van der Waals surface area (Å²) in [7, 11) is 3.34. The fourth-order valence-electron chi connectivity index (χ4n) is 1.46. The summed E-state index contributed by atoms with van der Waals surface area (Å²) in [4.78, 5) is 12.9. The predicted molar refractivity (Wildman–Crippen MR) is 52.8 cm³/mol. The van der Waals surface area contributed by atoms with E-state index in [4.69, 9.17) is 4.74 Å². The molecule has 0 aliphatic carbocycles. The first-order valence-corrected chi connectivity index (χ1v) is 4.80. The highest BCUT2D eigenvalue weighted by molar-refractivity contribution is 5.81. The summed E-state index contributed by atoms with van der Waals surface area (Å²) in [6.07, 6.45) is 5.24. The zero-order chi connectivity index (χ0) is 10.4. The molecule has 14 heavy (non-hydrogen) atoms. The van der Waals surface area contributed by atoms with Crippen LogP contribution in [0.5, 0.6) is 0 Å². The number of ether oxygens (including phenoxy) is 2. The van der Waals surface area contributed by atoms with Crippen LogP contribution in [0.3, 0.4) is 0 Å². The van der Waals surface area contributed by atoms with Gasteiger partial charge in [-0.25, -0.2) is 4.79 Å². The molecule has 1 fully saturated rings. The Hall–Kier alpha value is -1.03. The standard InChI is InChI=1S/C10H17NO3/c1-11(6-3-10(12)13-2)9-4-7-14-8-5-9/h3,6,9H,4-5,7-8H2,1-2H3. The highest BCUT2D eigenvalue weighted by Gasteiger charge is 2.15. The van der Waals surface area contributed by atoms with Crippen molar-refractivity contribution in [3.8, 4) is 0 Å². The van der Waals surface area contributed by atoms with Gasteiger partial charge in [0.1, 0.15) is 0 Å². The molecule has 0 aromatic carbocycles. The molecule has 0 aromatic rings. The van der Waals surface area contributed by atoms with Gasteiger partial charge < -0.3 is 14.4 Å². The predicted octanol–water partition coefficient (Wildman–Crippen LogP) is 0.784. The van der Waals surface area contributed by atoms with Gasteiger partial charge in [0.2, 0.25) is 0 Å². The van der Waals surface area contributed by atoms with Crippen LogP contribution in [0.25, 0.3) is 0 Å². The number of carbonyl (C=O) groups excluding carboxylic acids is 1. The molecule has 4 heteroatoms. The van der Waals surface area contributed by atoms with Crippen molar-refractivity contribution in [2.75, 3.05) is 27.4 Å². The van der Waals surface area contributed by atoms with E-state index in [1.807, 2.05) is 11.9 Å². The molecule has 1 aliphatic rings. The molecular formula is C10H17NO3. The van der Waals surface area contributed by atoms with Crippen LogP contribution in [0.15, 0.2) is 12.3 Å². The second-order valence-electron chi connectivity index (χ2n) is 3.35. The third kappa shape index (κ3) is 3.38. The molecule has 1 heterocycles. The molecule has 0 aromatic heterocycles. The molecule has 4 nitrogen and oxygen atoms in total. The molecule has 1 saturated heterocycles. The first-order chi connectivity index (χ1) is 6.74. The first-order valence-electron chi connectivity index (χ1n) is 4.80. The smallest absolute Gasteiger partial charge is 0.331 e. The number of esters is 1. The van der Waals surface area contributed by atoms with E-state index >= 15 is 0 Å². The normalized spacial score (nSPS) is 18.4. The van der Waals surface area contributed by atoms with E-state index in [0.717, 1.165) is 26.1 Å². The van der Waals surface area contributed by atoms with Gasteiger partial charge in [-0.3, -0.25) is 0 Å². The number of carbonyl (C=O) groups is 1. The molecule has 0 amide bonds. The van der Waals surface area contributed by atoms with Crippen LogP contribution >= 0.6 is 0 Å². The Bertz CT molecular complexity index is 209. The van der Waals surface area contributed by atoms with Crippen molar-refractivity contribution < 1.29 is 14.3 Å². The van der Waals surface area contributed by atoms with Gasteiger partial charge in [0.15, 0.2) is 0 Å². The Morgan fingerprint density at radius 3 is 2.71 bits per heavy atom. The third-order valence-corrected chi connectivity index (χ3v) is 2.41. The van der Waals surface area contributed by atoms with Gasteiger partial charge in [-0.1, -0.05) is 0 Å². The van der Waals surface area contributed by atoms with E-state index in [1.54, 1.807) is 6.20 Å². The maximum absolute atomic E-state index is 10.8. The van der Waals surface area contributed by atoms with Crippen LogP contribution in [0.2, 0.25) is 0 Å². The van der Waals surface area contributed by atoms with Gasteiger partial charge in [-0.05, 0) is 12.8 Å². The molecule has 1 aliphatic heterocycles. The molecule has 0 radical (unpaired) electrons. The Morgan fingerprint density at radius 2 is 2.14 bits per heavy atom. The third-order valence-electron chi connectivity index (χ3n) is 2.41. The first kappa shape index (κ1) is 11.0. The van der Waals surface area contributed by atoms with Gasteiger partial charge in [0.05, 0.1) is 7.11 Å². The second kappa shape index (κ2) is 5.65. The lowest BCUT2D eigenvalue weighted by Gasteiger charge is -2.30. The van der Waals surface area contributed by atoms with E-state index < -0.39 is 0 Å². The number of rotatable bonds is 3. The van der Waals surface area contributed by atoms with Crippen molar-refractivity contribution in [3.63, 3.8) is 0 Å². The van der Waals surface area contributed by atoms with Gasteiger partial charge in [0, 0.05) is 38.6 Å². The minimum atomic E-state index is -0.316. The monoisotopic (exact) mass is 199 g/mol. The van der Waals surface area contributed by atoms with Gasteiger partial charge in [0.25, 0.3) is 0 Å². The molecule has 1 rings (SSSR count). The van der Waals surface area contributed by atoms with Crippen molar-refractivity contribution in [2.45, 2.75) is 18.9 Å². The fraction of sp³-hybridized carbons (Fsp3) is 0.700. The summed E-state index contributed by atoms with van der Waals surface area (Å²) in [5, 5.41) is 0. The minimum Gasteiger partial charge on any atom is -0.466 e. The maximum atomic E-state index is 10.8. The van der Waals surface area contributed by atoms with E-state index in [0.29, 0.717) is 6.04 Å². The minimum absolute atomic E-state index is 0.316. The summed E-state index contributed by atoms with van der Waals surface area (Å²) in [5.41, 5.74) is 0. The quantitative estimate of drug-likeness (QED) is 0.497. The van der Waals surface area contributed by atoms with Crippen LogP contribution in [0.4, 0.5) is 0 Å².